The molecule has 2 atom stereocenters. The Morgan fingerprint density at radius 3 is 2.07 bits per heavy atom. The summed E-state index contributed by atoms with van der Waals surface area (Å²) >= 11 is 0. The first-order chi connectivity index (χ1) is 21.5. The minimum Gasteiger partial charge on any atom is -0.497 e. The summed E-state index contributed by atoms with van der Waals surface area (Å²) in [7, 11) is -0.285. The Bertz CT molecular complexity index is 1700. The summed E-state index contributed by atoms with van der Waals surface area (Å²) in [5.74, 6) is 1.78. The second kappa shape index (κ2) is 13.0. The number of carbonyl (C=O) groups excluding carboxylic acids is 2. The van der Waals surface area contributed by atoms with Crippen LogP contribution in [0.15, 0.2) is 72.4 Å². The molecule has 0 unspecified atom stereocenters. The standard InChI is InChI=1S/C30H32N4O10S/c1-19-13-24(33-16-25(19)34(30(33)36)44-45(37,38)39)29(35)32(2)28-14-26(42-17-20-5-9-22(40-3)10-6-20)27(15-31-28)43-18-21-7-11-23(41-4)12-8-21/h5-15,24-25H,16-18H2,1-4H3,(H,37,38,39)/t24-,25-/m0/s1. The minimum atomic E-state index is -4.96. The monoisotopic (exact) mass is 640 g/mol. The molecule has 3 heterocycles. The molecule has 0 saturated carbocycles. The Morgan fingerprint density at radius 2 is 1.53 bits per heavy atom. The van der Waals surface area contributed by atoms with Gasteiger partial charge in [0.15, 0.2) is 11.5 Å². The Hall–Kier alpha value is -4.86. The number of methoxy groups -OCH3 is 2. The van der Waals surface area contributed by atoms with Gasteiger partial charge in [0.25, 0.3) is 5.91 Å². The number of likely N-dealkylation sites (N-methyl/N-ethyl adjacent to an activating group) is 1. The molecule has 5 rings (SSSR count). The molecule has 0 spiro atoms. The number of carbonyl (C=O) groups is 2. The number of rotatable bonds is 12. The summed E-state index contributed by atoms with van der Waals surface area (Å²) < 4.78 is 58.9. The Balaban J connectivity index is 1.37. The molecule has 14 nitrogen and oxygen atoms in total. The number of hydrogen-bond acceptors (Lipinski definition) is 10. The molecule has 3 aromatic rings. The molecule has 0 aliphatic carbocycles. The number of hydroxylamine groups is 2. The van der Waals surface area contributed by atoms with Gasteiger partial charge in [0.2, 0.25) is 0 Å². The van der Waals surface area contributed by atoms with Crippen LogP contribution >= 0.6 is 0 Å². The molecule has 238 valence electrons. The van der Waals surface area contributed by atoms with Crippen molar-refractivity contribution in [3.8, 4) is 23.0 Å². The normalized spacial score (nSPS) is 17.5. The lowest BCUT2D eigenvalue weighted by Gasteiger charge is -2.30. The van der Waals surface area contributed by atoms with Crippen molar-refractivity contribution in [2.24, 2.45) is 0 Å². The van der Waals surface area contributed by atoms with E-state index in [9.17, 15) is 18.0 Å². The zero-order valence-corrected chi connectivity index (χ0v) is 25.8. The maximum atomic E-state index is 13.7. The van der Waals surface area contributed by atoms with Crippen molar-refractivity contribution in [1.82, 2.24) is 14.9 Å². The Labute approximate surface area is 260 Å². The summed E-state index contributed by atoms with van der Waals surface area (Å²) in [6, 6.07) is 13.6. The molecule has 1 saturated heterocycles. The first-order valence-corrected chi connectivity index (χ1v) is 15.1. The first-order valence-electron chi connectivity index (χ1n) is 13.7. The average molecular weight is 641 g/mol. The molecule has 0 radical (unpaired) electrons. The molecule has 1 aromatic heterocycles. The van der Waals surface area contributed by atoms with Crippen LogP contribution in [-0.2, 0) is 32.7 Å². The fraction of sp³-hybridized carbons (Fsp3) is 0.300. The van der Waals surface area contributed by atoms with Crippen LogP contribution in [0, 0.1) is 0 Å². The molecule has 45 heavy (non-hydrogen) atoms. The van der Waals surface area contributed by atoms with Gasteiger partial charge in [-0.15, -0.1) is 4.28 Å². The second-order valence-electron chi connectivity index (χ2n) is 10.3. The molecule has 2 aliphatic heterocycles. The van der Waals surface area contributed by atoms with Crippen LogP contribution in [0.4, 0.5) is 10.6 Å². The van der Waals surface area contributed by atoms with Crippen molar-refractivity contribution >= 4 is 28.2 Å². The van der Waals surface area contributed by atoms with Gasteiger partial charge in [-0.1, -0.05) is 30.3 Å². The van der Waals surface area contributed by atoms with Gasteiger partial charge in [0.1, 0.15) is 42.6 Å². The fourth-order valence-corrected chi connectivity index (χ4v) is 5.27. The van der Waals surface area contributed by atoms with E-state index in [-0.39, 0.29) is 25.6 Å². The van der Waals surface area contributed by atoms with Crippen molar-refractivity contribution in [2.75, 3.05) is 32.7 Å². The van der Waals surface area contributed by atoms with Gasteiger partial charge in [-0.2, -0.15) is 13.5 Å². The van der Waals surface area contributed by atoms with Gasteiger partial charge in [-0.3, -0.25) is 14.2 Å². The average Bonchev–Trinajstić information content (AvgIpc) is 3.31. The SMILES string of the molecule is COc1ccc(COc2cnc(N(C)C(=O)[C@@H]3C=C(C)[C@@H]4CN3C(=O)N4OS(=O)(=O)O)cc2OCc2ccc(OC)cc2)cc1. The predicted octanol–water partition coefficient (Wildman–Crippen LogP) is 3.39. The molecule has 2 aliphatic rings. The zero-order chi connectivity index (χ0) is 32.3. The zero-order valence-electron chi connectivity index (χ0n) is 24.9. The van der Waals surface area contributed by atoms with Gasteiger partial charge >= 0.3 is 16.4 Å². The highest BCUT2D eigenvalue weighted by atomic mass is 32.3. The summed E-state index contributed by atoms with van der Waals surface area (Å²) in [5, 5.41) is 0.548. The van der Waals surface area contributed by atoms with E-state index in [1.54, 1.807) is 33.3 Å². The van der Waals surface area contributed by atoms with Crippen LogP contribution in [0.5, 0.6) is 23.0 Å². The predicted molar refractivity (Wildman–Crippen MR) is 160 cm³/mol. The largest absolute Gasteiger partial charge is 0.497 e. The lowest BCUT2D eigenvalue weighted by atomic mass is 10.0. The summed E-state index contributed by atoms with van der Waals surface area (Å²) in [6.45, 7) is 2.02. The summed E-state index contributed by atoms with van der Waals surface area (Å²) in [6.07, 6.45) is 3.00. The number of urea groups is 1. The summed E-state index contributed by atoms with van der Waals surface area (Å²) in [5.41, 5.74) is 2.26. The maximum absolute atomic E-state index is 13.7. The molecular weight excluding hydrogens is 608 g/mol. The second-order valence-corrected chi connectivity index (χ2v) is 11.3. The molecule has 1 fully saturated rings. The highest BCUT2D eigenvalue weighted by molar-refractivity contribution is 7.80. The number of aromatic nitrogens is 1. The van der Waals surface area contributed by atoms with E-state index in [4.69, 9.17) is 23.5 Å². The van der Waals surface area contributed by atoms with Gasteiger partial charge in [-0.25, -0.2) is 9.78 Å². The lowest BCUT2D eigenvalue weighted by molar-refractivity contribution is -0.121. The van der Waals surface area contributed by atoms with Crippen LogP contribution in [0.3, 0.4) is 0 Å². The van der Waals surface area contributed by atoms with Gasteiger partial charge in [0.05, 0.1) is 27.0 Å². The number of fused-ring (bicyclic) bond motifs is 2. The third kappa shape index (κ3) is 7.11. The highest BCUT2D eigenvalue weighted by Crippen LogP contribution is 2.34. The van der Waals surface area contributed by atoms with E-state index in [0.717, 1.165) is 16.0 Å². The minimum absolute atomic E-state index is 0.0112. The highest BCUT2D eigenvalue weighted by Gasteiger charge is 2.49. The number of pyridine rings is 1. The number of benzene rings is 2. The maximum Gasteiger partial charge on any atom is 0.418 e. The molecule has 3 amide bonds. The van der Waals surface area contributed by atoms with Gasteiger partial charge in [0, 0.05) is 13.1 Å². The van der Waals surface area contributed by atoms with E-state index in [0.29, 0.717) is 33.6 Å². The smallest absolute Gasteiger partial charge is 0.418 e. The van der Waals surface area contributed by atoms with E-state index in [2.05, 4.69) is 9.27 Å². The van der Waals surface area contributed by atoms with Crippen molar-refractivity contribution in [3.05, 3.63) is 83.6 Å². The van der Waals surface area contributed by atoms with E-state index in [1.165, 1.54) is 18.1 Å². The number of nitrogens with zero attached hydrogens (tertiary/aromatic N) is 4. The molecule has 1 N–H and O–H groups in total. The Kier molecular flexibility index (Phi) is 9.13. The van der Waals surface area contributed by atoms with E-state index in [1.807, 2.05) is 48.5 Å². The van der Waals surface area contributed by atoms with Gasteiger partial charge in [-0.05, 0) is 47.9 Å². The first kappa shape index (κ1) is 31.6. The third-order valence-corrected chi connectivity index (χ3v) is 7.74. The van der Waals surface area contributed by atoms with Crippen LogP contribution in [0.1, 0.15) is 18.1 Å². The summed E-state index contributed by atoms with van der Waals surface area (Å²) in [4.78, 5) is 33.5. The quantitative estimate of drug-likeness (QED) is 0.229. The number of hydrogen-bond donors (Lipinski definition) is 1. The van der Waals surface area contributed by atoms with Gasteiger partial charge < -0.3 is 23.8 Å². The van der Waals surface area contributed by atoms with Crippen molar-refractivity contribution in [3.63, 3.8) is 0 Å². The van der Waals surface area contributed by atoms with Crippen LogP contribution in [-0.4, -0.2) is 79.8 Å². The van der Waals surface area contributed by atoms with Crippen LogP contribution in [0.2, 0.25) is 0 Å². The lowest BCUT2D eigenvalue weighted by Crippen LogP contribution is -2.49. The van der Waals surface area contributed by atoms with Crippen LogP contribution in [0.25, 0.3) is 0 Å². The van der Waals surface area contributed by atoms with Crippen molar-refractivity contribution in [2.45, 2.75) is 32.2 Å². The molecule has 2 bridgehead atoms. The molecule has 2 aromatic carbocycles. The van der Waals surface area contributed by atoms with E-state index >= 15 is 0 Å². The Morgan fingerprint density at radius 1 is 0.978 bits per heavy atom. The van der Waals surface area contributed by atoms with Crippen LogP contribution < -0.4 is 23.8 Å². The molecular formula is C30H32N4O10S. The number of ether oxygens (including phenoxy) is 4. The topological polar surface area (TPSA) is 157 Å². The molecule has 15 heteroatoms. The fourth-order valence-electron chi connectivity index (χ4n) is 4.90. The number of amides is 3. The van der Waals surface area contributed by atoms with Crippen molar-refractivity contribution in [1.29, 1.82) is 0 Å². The number of anilines is 1. The third-order valence-electron chi connectivity index (χ3n) is 7.39. The van der Waals surface area contributed by atoms with E-state index < -0.39 is 34.4 Å². The van der Waals surface area contributed by atoms with Crippen molar-refractivity contribution < 1.29 is 45.8 Å².